The summed E-state index contributed by atoms with van der Waals surface area (Å²) in [6.45, 7) is 0. The maximum Gasteiger partial charge on any atom is 0.0361 e. The van der Waals surface area contributed by atoms with Crippen molar-refractivity contribution in [1.29, 1.82) is 0 Å². The number of hydrogen-bond donors (Lipinski definition) is 0. The summed E-state index contributed by atoms with van der Waals surface area (Å²) in [5, 5.41) is 13.0. The van der Waals surface area contributed by atoms with E-state index < -0.39 is 0 Å². The number of rotatable bonds is 2. The van der Waals surface area contributed by atoms with E-state index in [0.717, 1.165) is 0 Å². The summed E-state index contributed by atoms with van der Waals surface area (Å²) < 4.78 is 2.68. The van der Waals surface area contributed by atoms with Crippen LogP contribution in [0, 0.1) is 0 Å². The first-order chi connectivity index (χ1) is 20.3. The Bertz CT molecular complexity index is 2420. The molecular weight excluding hydrogens is 513 g/mol. The zero-order valence-electron chi connectivity index (χ0n) is 22.3. The molecule has 41 heavy (non-hydrogen) atoms. The summed E-state index contributed by atoms with van der Waals surface area (Å²) in [4.78, 5) is 0. The Morgan fingerprint density at radius 3 is 1.54 bits per heavy atom. The average Bonchev–Trinajstić information content (AvgIpc) is 3.41. The van der Waals surface area contributed by atoms with Gasteiger partial charge in [-0.2, -0.15) is 0 Å². The SMILES string of the molecule is c1ccc2c(c1)cc(-c1c3ccccc3c(-c3ccc4c(c3)sc3ccccc34)c3ccccc13)c1ccccc12. The number of thiophene rings is 1. The number of hydrogen-bond acceptors (Lipinski definition) is 1. The van der Waals surface area contributed by atoms with Crippen molar-refractivity contribution in [2.75, 3.05) is 0 Å². The van der Waals surface area contributed by atoms with Crippen molar-refractivity contribution in [3.63, 3.8) is 0 Å². The summed E-state index contributed by atoms with van der Waals surface area (Å²) in [5.74, 6) is 0. The normalized spacial score (nSPS) is 11.9. The van der Waals surface area contributed by atoms with E-state index in [9.17, 15) is 0 Å². The van der Waals surface area contributed by atoms with E-state index in [0.29, 0.717) is 0 Å². The van der Waals surface area contributed by atoms with Gasteiger partial charge < -0.3 is 0 Å². The first-order valence-electron chi connectivity index (χ1n) is 14.1. The van der Waals surface area contributed by atoms with Gasteiger partial charge in [-0.3, -0.25) is 0 Å². The molecule has 0 aliphatic carbocycles. The Kier molecular flexibility index (Phi) is 4.87. The molecule has 0 radical (unpaired) electrons. The minimum absolute atomic E-state index is 1.27. The number of fused-ring (bicyclic) bond motifs is 8. The van der Waals surface area contributed by atoms with Gasteiger partial charge in [0.2, 0.25) is 0 Å². The molecule has 0 amide bonds. The Morgan fingerprint density at radius 2 is 0.829 bits per heavy atom. The third-order valence-electron chi connectivity index (χ3n) is 8.64. The van der Waals surface area contributed by atoms with E-state index in [-0.39, 0.29) is 0 Å². The van der Waals surface area contributed by atoms with Gasteiger partial charge in [0.25, 0.3) is 0 Å². The molecule has 0 unspecified atom stereocenters. The zero-order valence-corrected chi connectivity index (χ0v) is 23.1. The molecule has 9 rings (SSSR count). The van der Waals surface area contributed by atoms with Crippen LogP contribution in [0.3, 0.4) is 0 Å². The highest BCUT2D eigenvalue weighted by Gasteiger charge is 2.19. The molecule has 0 atom stereocenters. The Labute approximate surface area is 241 Å². The van der Waals surface area contributed by atoms with Crippen molar-refractivity contribution in [3.8, 4) is 22.3 Å². The molecule has 0 spiro atoms. The van der Waals surface area contributed by atoms with Crippen LogP contribution in [-0.2, 0) is 0 Å². The topological polar surface area (TPSA) is 0 Å². The highest BCUT2D eigenvalue weighted by molar-refractivity contribution is 7.25. The van der Waals surface area contributed by atoms with Gasteiger partial charge in [-0.05, 0) is 83.5 Å². The molecule has 9 aromatic rings. The van der Waals surface area contributed by atoms with E-state index in [2.05, 4.69) is 146 Å². The summed E-state index contributed by atoms with van der Waals surface area (Å²) in [5.41, 5.74) is 5.18. The van der Waals surface area contributed by atoms with Crippen molar-refractivity contribution in [2.45, 2.75) is 0 Å². The molecule has 0 N–H and O–H groups in total. The Hall–Kier alpha value is -4.98. The fourth-order valence-electron chi connectivity index (χ4n) is 6.87. The van der Waals surface area contributed by atoms with Crippen molar-refractivity contribution in [2.24, 2.45) is 0 Å². The molecule has 1 aromatic heterocycles. The van der Waals surface area contributed by atoms with Crippen LogP contribution >= 0.6 is 11.3 Å². The smallest absolute Gasteiger partial charge is 0.0361 e. The summed E-state index contributed by atoms with van der Waals surface area (Å²) in [6, 6.07) is 53.8. The fraction of sp³-hybridized carbons (Fsp3) is 0. The second-order valence-corrected chi connectivity index (χ2v) is 11.9. The first kappa shape index (κ1) is 22.8. The molecular formula is C40H24S. The van der Waals surface area contributed by atoms with E-state index in [4.69, 9.17) is 0 Å². The molecule has 1 heteroatoms. The summed E-state index contributed by atoms with van der Waals surface area (Å²) >= 11 is 1.88. The molecule has 8 aromatic carbocycles. The van der Waals surface area contributed by atoms with Crippen LogP contribution in [0.1, 0.15) is 0 Å². The van der Waals surface area contributed by atoms with Crippen molar-refractivity contribution >= 4 is 74.6 Å². The molecule has 0 aliphatic heterocycles. The predicted octanol–water partition coefficient (Wildman–Crippen LogP) is 12.0. The minimum Gasteiger partial charge on any atom is -0.135 e. The molecule has 0 fully saturated rings. The Morgan fingerprint density at radius 1 is 0.317 bits per heavy atom. The van der Waals surface area contributed by atoms with E-state index in [1.807, 2.05) is 11.3 Å². The Balaban J connectivity index is 1.42. The van der Waals surface area contributed by atoms with Gasteiger partial charge in [0.15, 0.2) is 0 Å². The van der Waals surface area contributed by atoms with Crippen LogP contribution in [0.4, 0.5) is 0 Å². The molecule has 0 nitrogen and oxygen atoms in total. The highest BCUT2D eigenvalue weighted by atomic mass is 32.1. The van der Waals surface area contributed by atoms with Crippen LogP contribution in [-0.4, -0.2) is 0 Å². The third-order valence-corrected chi connectivity index (χ3v) is 9.77. The first-order valence-corrected chi connectivity index (χ1v) is 14.9. The molecule has 0 saturated heterocycles. The molecule has 0 saturated carbocycles. The molecule has 1 heterocycles. The van der Waals surface area contributed by atoms with Crippen molar-refractivity contribution in [3.05, 3.63) is 146 Å². The van der Waals surface area contributed by atoms with Gasteiger partial charge in [-0.1, -0.05) is 127 Å². The predicted molar refractivity (Wildman–Crippen MR) is 180 cm³/mol. The van der Waals surface area contributed by atoms with Crippen LogP contribution < -0.4 is 0 Å². The van der Waals surface area contributed by atoms with Gasteiger partial charge in [-0.15, -0.1) is 11.3 Å². The van der Waals surface area contributed by atoms with Crippen LogP contribution in [0.15, 0.2) is 146 Å². The maximum atomic E-state index is 2.40. The molecule has 0 aliphatic rings. The third kappa shape index (κ3) is 3.33. The lowest BCUT2D eigenvalue weighted by molar-refractivity contribution is 1.70. The van der Waals surface area contributed by atoms with Gasteiger partial charge in [0, 0.05) is 20.2 Å². The standard InChI is InChI=1S/C40H24S/c1-2-12-27-25(11-1)23-36(29-14-4-3-13-28(27)29)40-34-18-7-5-16-32(34)39(33-17-6-8-19-35(33)40)26-21-22-31-30-15-9-10-20-37(30)41-38(31)24-26/h1-24H. The van der Waals surface area contributed by atoms with Crippen LogP contribution in [0.25, 0.3) is 85.5 Å². The minimum atomic E-state index is 1.27. The fourth-order valence-corrected chi connectivity index (χ4v) is 8.02. The summed E-state index contributed by atoms with van der Waals surface area (Å²) in [6.07, 6.45) is 0. The van der Waals surface area contributed by atoms with Gasteiger partial charge in [-0.25, -0.2) is 0 Å². The maximum absolute atomic E-state index is 2.40. The van der Waals surface area contributed by atoms with Crippen molar-refractivity contribution < 1.29 is 0 Å². The van der Waals surface area contributed by atoms with Gasteiger partial charge in [0.05, 0.1) is 0 Å². The monoisotopic (exact) mass is 536 g/mol. The zero-order chi connectivity index (χ0) is 26.9. The summed E-state index contributed by atoms with van der Waals surface area (Å²) in [7, 11) is 0. The van der Waals surface area contributed by atoms with E-state index in [1.54, 1.807) is 0 Å². The molecule has 0 bridgehead atoms. The van der Waals surface area contributed by atoms with E-state index in [1.165, 1.54) is 85.5 Å². The second kappa shape index (κ2) is 8.76. The lowest BCUT2D eigenvalue weighted by atomic mass is 9.84. The van der Waals surface area contributed by atoms with E-state index >= 15 is 0 Å². The lowest BCUT2D eigenvalue weighted by Crippen LogP contribution is -1.92. The van der Waals surface area contributed by atoms with Gasteiger partial charge in [0.1, 0.15) is 0 Å². The second-order valence-electron chi connectivity index (χ2n) is 10.8. The van der Waals surface area contributed by atoms with Gasteiger partial charge >= 0.3 is 0 Å². The molecule has 190 valence electrons. The average molecular weight is 537 g/mol. The number of benzene rings is 8. The quantitative estimate of drug-likeness (QED) is 0.152. The highest BCUT2D eigenvalue weighted by Crippen LogP contribution is 2.47. The lowest BCUT2D eigenvalue weighted by Gasteiger charge is -2.19. The van der Waals surface area contributed by atoms with Crippen LogP contribution in [0.5, 0.6) is 0 Å². The van der Waals surface area contributed by atoms with Crippen molar-refractivity contribution in [1.82, 2.24) is 0 Å². The van der Waals surface area contributed by atoms with Crippen LogP contribution in [0.2, 0.25) is 0 Å². The largest absolute Gasteiger partial charge is 0.135 e.